The number of nitrogens with one attached hydrogen (secondary N) is 2. The number of rotatable bonds is 3. The highest BCUT2D eigenvalue weighted by Gasteiger charge is 2.45. The number of hydrogen-bond donors (Lipinski definition) is 3. The van der Waals surface area contributed by atoms with Gasteiger partial charge in [-0.05, 0) is 19.0 Å². The van der Waals surface area contributed by atoms with E-state index in [1.807, 2.05) is 0 Å². The van der Waals surface area contributed by atoms with Crippen molar-refractivity contribution < 1.29 is 23.5 Å². The summed E-state index contributed by atoms with van der Waals surface area (Å²) in [6.07, 6.45) is 1.92. The van der Waals surface area contributed by atoms with Gasteiger partial charge in [-0.25, -0.2) is 8.78 Å². The number of pyridine rings is 1. The van der Waals surface area contributed by atoms with Crippen molar-refractivity contribution in [1.82, 2.24) is 20.1 Å². The molecule has 1 aromatic carbocycles. The molecular formula is C20H20F2N4O4. The molecule has 1 unspecified atom stereocenters. The fourth-order valence-electron chi connectivity index (χ4n) is 4.12. The molecule has 1 spiro atoms. The topological polar surface area (TPSA) is 104 Å². The third kappa shape index (κ3) is 3.13. The van der Waals surface area contributed by atoms with Crippen LogP contribution in [0.2, 0.25) is 0 Å². The van der Waals surface area contributed by atoms with E-state index in [4.69, 9.17) is 0 Å². The standard InChI is InChI=1S/C20H20F2N4O4/c1-25-10-20(4-5-23-9-20)26-8-13(16(27)17(28)15(26)19(25)30)18(29)24-7-11-2-3-12(21)6-14(11)22/h2-3,6,8,23,28H,4-5,7,9-10H2,1H3,(H,24,29). The molecule has 2 aromatic rings. The highest BCUT2D eigenvalue weighted by molar-refractivity contribution is 5.99. The van der Waals surface area contributed by atoms with Crippen molar-refractivity contribution in [2.75, 3.05) is 26.7 Å². The largest absolute Gasteiger partial charge is 0.503 e. The van der Waals surface area contributed by atoms with Crippen LogP contribution in [0.1, 0.15) is 32.8 Å². The van der Waals surface area contributed by atoms with Crippen molar-refractivity contribution in [3.8, 4) is 5.75 Å². The van der Waals surface area contributed by atoms with Crippen LogP contribution in [0.3, 0.4) is 0 Å². The van der Waals surface area contributed by atoms with Crippen LogP contribution < -0.4 is 16.1 Å². The Bertz CT molecular complexity index is 1110. The maximum Gasteiger partial charge on any atom is 0.274 e. The Labute approximate surface area is 170 Å². The molecule has 3 heterocycles. The van der Waals surface area contributed by atoms with Gasteiger partial charge in [-0.1, -0.05) is 6.07 Å². The van der Waals surface area contributed by atoms with E-state index >= 15 is 0 Å². The minimum absolute atomic E-state index is 0.0419. The van der Waals surface area contributed by atoms with Crippen molar-refractivity contribution in [3.05, 3.63) is 63.1 Å². The number of fused-ring (bicyclic) bond motifs is 2. The Morgan fingerprint density at radius 2 is 2.10 bits per heavy atom. The summed E-state index contributed by atoms with van der Waals surface area (Å²) in [7, 11) is 1.59. The smallest absolute Gasteiger partial charge is 0.274 e. The van der Waals surface area contributed by atoms with Gasteiger partial charge in [0.05, 0.1) is 5.54 Å². The van der Waals surface area contributed by atoms with E-state index in [2.05, 4.69) is 10.6 Å². The molecule has 2 aliphatic rings. The SMILES string of the molecule is CN1CC2(CCNC2)n2cc(C(=O)NCc3ccc(F)cc3F)c(=O)c(O)c2C1=O. The maximum atomic E-state index is 13.8. The van der Waals surface area contributed by atoms with Gasteiger partial charge < -0.3 is 25.2 Å². The summed E-state index contributed by atoms with van der Waals surface area (Å²) in [6, 6.07) is 2.94. The summed E-state index contributed by atoms with van der Waals surface area (Å²) in [5.41, 5.74) is -2.05. The molecule has 1 atom stereocenters. The van der Waals surface area contributed by atoms with Crippen LogP contribution in [-0.4, -0.2) is 53.1 Å². The first-order chi connectivity index (χ1) is 14.2. The first-order valence-electron chi connectivity index (χ1n) is 9.41. The van der Waals surface area contributed by atoms with Crippen molar-refractivity contribution in [3.63, 3.8) is 0 Å². The zero-order valence-electron chi connectivity index (χ0n) is 16.2. The molecule has 4 rings (SSSR count). The first-order valence-corrected chi connectivity index (χ1v) is 9.41. The van der Waals surface area contributed by atoms with Crippen LogP contribution in [0.25, 0.3) is 0 Å². The van der Waals surface area contributed by atoms with Gasteiger partial charge in [-0.3, -0.25) is 14.4 Å². The molecule has 2 amide bonds. The first kappa shape index (κ1) is 20.0. The van der Waals surface area contributed by atoms with Gasteiger partial charge in [0.25, 0.3) is 11.8 Å². The van der Waals surface area contributed by atoms with Crippen LogP contribution in [-0.2, 0) is 12.1 Å². The molecule has 0 saturated carbocycles. The van der Waals surface area contributed by atoms with Crippen molar-refractivity contribution in [2.45, 2.75) is 18.5 Å². The van der Waals surface area contributed by atoms with Crippen molar-refractivity contribution in [1.29, 1.82) is 0 Å². The summed E-state index contributed by atoms with van der Waals surface area (Å²) in [5, 5.41) is 16.1. The number of benzene rings is 1. The molecule has 10 heteroatoms. The quantitative estimate of drug-likeness (QED) is 0.675. The van der Waals surface area contributed by atoms with Gasteiger partial charge in [0.15, 0.2) is 11.4 Å². The number of aromatic nitrogens is 1. The monoisotopic (exact) mass is 418 g/mol. The van der Waals surface area contributed by atoms with E-state index in [9.17, 15) is 28.3 Å². The predicted molar refractivity (Wildman–Crippen MR) is 102 cm³/mol. The Balaban J connectivity index is 1.71. The lowest BCUT2D eigenvalue weighted by atomic mass is 9.92. The number of halogens is 2. The second-order valence-corrected chi connectivity index (χ2v) is 7.67. The number of carbonyl (C=O) groups is 2. The number of hydrogen-bond acceptors (Lipinski definition) is 5. The number of aromatic hydroxyl groups is 1. The normalized spacial score (nSPS) is 20.5. The van der Waals surface area contributed by atoms with E-state index in [1.165, 1.54) is 21.7 Å². The lowest BCUT2D eigenvalue weighted by Crippen LogP contribution is -2.54. The van der Waals surface area contributed by atoms with Crippen molar-refractivity contribution in [2.24, 2.45) is 0 Å². The molecular weight excluding hydrogens is 398 g/mol. The van der Waals surface area contributed by atoms with E-state index in [0.717, 1.165) is 6.07 Å². The lowest BCUT2D eigenvalue weighted by molar-refractivity contribution is 0.0621. The van der Waals surface area contributed by atoms with Gasteiger partial charge in [0.2, 0.25) is 5.43 Å². The van der Waals surface area contributed by atoms with Gasteiger partial charge in [-0.2, -0.15) is 0 Å². The fraction of sp³-hybridized carbons (Fsp3) is 0.350. The third-order valence-corrected chi connectivity index (χ3v) is 5.70. The molecule has 0 bridgehead atoms. The number of amides is 2. The molecule has 0 radical (unpaired) electrons. The highest BCUT2D eigenvalue weighted by atomic mass is 19.1. The highest BCUT2D eigenvalue weighted by Crippen LogP contribution is 2.34. The zero-order chi connectivity index (χ0) is 21.6. The molecule has 30 heavy (non-hydrogen) atoms. The molecule has 0 aliphatic carbocycles. The Kier molecular flexibility index (Phi) is 4.81. The Hall–Kier alpha value is -3.27. The van der Waals surface area contributed by atoms with Crippen LogP contribution in [0.15, 0.2) is 29.2 Å². The molecule has 1 saturated heterocycles. The zero-order valence-corrected chi connectivity index (χ0v) is 16.2. The van der Waals surface area contributed by atoms with E-state index < -0.39 is 40.2 Å². The Morgan fingerprint density at radius 1 is 1.33 bits per heavy atom. The summed E-state index contributed by atoms with van der Waals surface area (Å²) >= 11 is 0. The van der Waals surface area contributed by atoms with Crippen LogP contribution in [0.4, 0.5) is 8.78 Å². The average Bonchev–Trinajstić information content (AvgIpc) is 3.16. The number of carbonyl (C=O) groups excluding carboxylic acids is 2. The van der Waals surface area contributed by atoms with Crippen LogP contribution in [0.5, 0.6) is 5.75 Å². The molecule has 1 fully saturated rings. The number of likely N-dealkylation sites (N-methyl/N-ethyl adjacent to an activating group) is 1. The van der Waals surface area contributed by atoms with E-state index in [1.54, 1.807) is 7.05 Å². The molecule has 3 N–H and O–H groups in total. The second kappa shape index (κ2) is 7.21. The third-order valence-electron chi connectivity index (χ3n) is 5.70. The summed E-state index contributed by atoms with van der Waals surface area (Å²) in [4.78, 5) is 39.3. The van der Waals surface area contributed by atoms with Gasteiger partial charge in [0.1, 0.15) is 17.2 Å². The molecule has 1 aromatic heterocycles. The minimum atomic E-state index is -0.983. The van der Waals surface area contributed by atoms with Crippen LogP contribution in [0, 0.1) is 11.6 Å². The average molecular weight is 418 g/mol. The molecule has 158 valence electrons. The molecule has 2 aliphatic heterocycles. The van der Waals surface area contributed by atoms with Gasteiger partial charge in [0, 0.05) is 44.5 Å². The Morgan fingerprint density at radius 3 is 2.77 bits per heavy atom. The lowest BCUT2D eigenvalue weighted by Gasteiger charge is -2.42. The summed E-state index contributed by atoms with van der Waals surface area (Å²) in [5.74, 6) is -3.71. The summed E-state index contributed by atoms with van der Waals surface area (Å²) < 4.78 is 28.4. The number of nitrogens with zero attached hydrogens (tertiary/aromatic N) is 2. The van der Waals surface area contributed by atoms with E-state index in [0.29, 0.717) is 32.1 Å². The van der Waals surface area contributed by atoms with Gasteiger partial charge >= 0.3 is 0 Å². The van der Waals surface area contributed by atoms with Crippen molar-refractivity contribution >= 4 is 11.8 Å². The maximum absolute atomic E-state index is 13.8. The van der Waals surface area contributed by atoms with Crippen LogP contribution >= 0.6 is 0 Å². The van der Waals surface area contributed by atoms with E-state index in [-0.39, 0.29) is 23.4 Å². The second-order valence-electron chi connectivity index (χ2n) is 7.67. The fourth-order valence-corrected chi connectivity index (χ4v) is 4.12. The minimum Gasteiger partial charge on any atom is -0.503 e. The molecule has 8 nitrogen and oxygen atoms in total. The van der Waals surface area contributed by atoms with Gasteiger partial charge in [-0.15, -0.1) is 0 Å². The predicted octanol–water partition coefficient (Wildman–Crippen LogP) is 0.536. The summed E-state index contributed by atoms with van der Waals surface area (Å²) in [6.45, 7) is 1.26.